The van der Waals surface area contributed by atoms with Gasteiger partial charge < -0.3 is 9.53 Å². The van der Waals surface area contributed by atoms with Crippen LogP contribution in [0.3, 0.4) is 0 Å². The Morgan fingerprint density at radius 3 is 2.22 bits per heavy atom. The van der Waals surface area contributed by atoms with Gasteiger partial charge in [-0.25, -0.2) is 0 Å². The monoisotopic (exact) mass is 272 g/mol. The van der Waals surface area contributed by atoms with Crippen LogP contribution in [0.1, 0.15) is 47.0 Å². The maximum absolute atomic E-state index is 11.2. The van der Waals surface area contributed by atoms with Crippen LogP contribution in [-0.2, 0) is 9.22 Å². The predicted octanol–water partition coefficient (Wildman–Crippen LogP) is 3.90. The van der Waals surface area contributed by atoms with Crippen molar-refractivity contribution in [2.45, 2.75) is 71.2 Å². The molecule has 3 nitrogen and oxygen atoms in total. The van der Waals surface area contributed by atoms with Gasteiger partial charge in [0.25, 0.3) is 0 Å². The lowest BCUT2D eigenvalue weighted by Gasteiger charge is -2.38. The highest BCUT2D eigenvalue weighted by molar-refractivity contribution is 6.74. The molecule has 4 heteroatoms. The van der Waals surface area contributed by atoms with Crippen molar-refractivity contribution in [3.05, 3.63) is 0 Å². The number of carboxylic acid groups (broad SMARTS) is 1. The van der Waals surface area contributed by atoms with Gasteiger partial charge in [0.2, 0.25) is 0 Å². The van der Waals surface area contributed by atoms with Crippen molar-refractivity contribution >= 4 is 14.3 Å². The first-order valence-corrected chi connectivity index (χ1v) is 9.90. The summed E-state index contributed by atoms with van der Waals surface area (Å²) in [5.74, 6) is -0.565. The van der Waals surface area contributed by atoms with E-state index in [-0.39, 0.29) is 23.0 Å². The number of aliphatic carboxylic acids is 1. The minimum Gasteiger partial charge on any atom is -0.481 e. The summed E-state index contributed by atoms with van der Waals surface area (Å²) in [4.78, 5) is 11.2. The molecule has 1 aliphatic rings. The summed E-state index contributed by atoms with van der Waals surface area (Å²) in [6.07, 6.45) is 2.70. The van der Waals surface area contributed by atoms with E-state index in [1.54, 1.807) is 0 Å². The number of hydrogen-bond donors (Lipinski definition) is 1. The lowest BCUT2D eigenvalue weighted by molar-refractivity contribution is -0.143. The molecule has 0 radical (unpaired) electrons. The third-order valence-electron chi connectivity index (χ3n) is 4.76. The van der Waals surface area contributed by atoms with E-state index in [1.165, 1.54) is 0 Å². The van der Waals surface area contributed by atoms with Gasteiger partial charge in [0.15, 0.2) is 8.32 Å². The third kappa shape index (κ3) is 3.35. The molecule has 0 heterocycles. The number of carbonyl (C=O) groups is 1. The van der Waals surface area contributed by atoms with Crippen LogP contribution < -0.4 is 0 Å². The van der Waals surface area contributed by atoms with Crippen molar-refractivity contribution in [3.8, 4) is 0 Å². The van der Waals surface area contributed by atoms with E-state index in [4.69, 9.17) is 4.43 Å². The van der Waals surface area contributed by atoms with Gasteiger partial charge in [0, 0.05) is 6.10 Å². The Morgan fingerprint density at radius 2 is 1.89 bits per heavy atom. The van der Waals surface area contributed by atoms with E-state index >= 15 is 0 Å². The Kier molecular flexibility index (Phi) is 4.65. The van der Waals surface area contributed by atoms with E-state index in [1.807, 2.05) is 0 Å². The summed E-state index contributed by atoms with van der Waals surface area (Å²) in [6.45, 7) is 13.2. The highest BCUT2D eigenvalue weighted by Crippen LogP contribution is 2.42. The van der Waals surface area contributed by atoms with Gasteiger partial charge in [-0.15, -0.1) is 0 Å². The first-order valence-electron chi connectivity index (χ1n) is 6.99. The summed E-state index contributed by atoms with van der Waals surface area (Å²) in [7, 11) is -1.77. The van der Waals surface area contributed by atoms with Crippen LogP contribution in [-0.4, -0.2) is 25.5 Å². The Balaban J connectivity index is 2.69. The van der Waals surface area contributed by atoms with Crippen molar-refractivity contribution < 1.29 is 14.3 Å². The first kappa shape index (κ1) is 15.7. The molecule has 18 heavy (non-hydrogen) atoms. The molecule has 1 fully saturated rings. The lowest BCUT2D eigenvalue weighted by Crippen LogP contribution is -2.43. The molecule has 3 atom stereocenters. The SMILES string of the molecule is CC[C@@H]1C[C@@H](O[Si](C)(C)C(C)(C)C)C[C@@H]1C(=O)O. The summed E-state index contributed by atoms with van der Waals surface area (Å²) in [5, 5.41) is 9.44. The van der Waals surface area contributed by atoms with E-state index in [9.17, 15) is 9.90 Å². The van der Waals surface area contributed by atoms with Crippen LogP contribution in [0.4, 0.5) is 0 Å². The second-order valence-corrected chi connectivity index (χ2v) is 11.8. The number of rotatable bonds is 4. The molecule has 1 N–H and O–H groups in total. The van der Waals surface area contributed by atoms with Crippen LogP contribution in [0.2, 0.25) is 18.1 Å². The van der Waals surface area contributed by atoms with Gasteiger partial charge in [0.05, 0.1) is 5.92 Å². The van der Waals surface area contributed by atoms with Crippen molar-refractivity contribution in [1.29, 1.82) is 0 Å². The summed E-state index contributed by atoms with van der Waals surface area (Å²) >= 11 is 0. The Morgan fingerprint density at radius 1 is 1.33 bits per heavy atom. The molecule has 1 rings (SSSR count). The van der Waals surface area contributed by atoms with Crippen molar-refractivity contribution in [3.63, 3.8) is 0 Å². The molecule has 0 bridgehead atoms. The third-order valence-corrected chi connectivity index (χ3v) is 9.30. The standard InChI is InChI=1S/C14H28O3Si/c1-7-10-8-11(9-12(10)13(15)16)17-18(5,6)14(2,3)4/h10-12H,7-9H2,1-6H3,(H,15,16)/t10-,11-,12+/m1/s1. The lowest BCUT2D eigenvalue weighted by atomic mass is 9.94. The molecule has 0 amide bonds. The smallest absolute Gasteiger partial charge is 0.306 e. The zero-order valence-electron chi connectivity index (χ0n) is 12.6. The topological polar surface area (TPSA) is 46.5 Å². The molecular formula is C14H28O3Si. The Bertz CT molecular complexity index is 307. The number of hydrogen-bond acceptors (Lipinski definition) is 2. The van der Waals surface area contributed by atoms with Crippen molar-refractivity contribution in [2.75, 3.05) is 0 Å². The molecular weight excluding hydrogens is 244 g/mol. The molecule has 0 spiro atoms. The zero-order valence-corrected chi connectivity index (χ0v) is 13.6. The van der Waals surface area contributed by atoms with Crippen LogP contribution in [0.15, 0.2) is 0 Å². The molecule has 0 aromatic rings. The van der Waals surface area contributed by atoms with E-state index in [0.717, 1.165) is 12.8 Å². The quantitative estimate of drug-likeness (QED) is 0.790. The molecule has 0 unspecified atom stereocenters. The van der Waals surface area contributed by atoms with Gasteiger partial charge >= 0.3 is 5.97 Å². The first-order chi connectivity index (χ1) is 8.08. The molecule has 0 aromatic heterocycles. The fourth-order valence-electron chi connectivity index (χ4n) is 2.52. The van der Waals surface area contributed by atoms with Gasteiger partial charge in [-0.05, 0) is 36.9 Å². The Hall–Kier alpha value is -0.353. The average Bonchev–Trinajstić information content (AvgIpc) is 2.58. The van der Waals surface area contributed by atoms with Gasteiger partial charge in [0.1, 0.15) is 0 Å². The Labute approximate surface area is 112 Å². The molecule has 0 aliphatic heterocycles. The highest BCUT2D eigenvalue weighted by atomic mass is 28.4. The molecule has 106 valence electrons. The fraction of sp³-hybridized carbons (Fsp3) is 0.929. The minimum absolute atomic E-state index is 0.150. The van der Waals surface area contributed by atoms with E-state index in [2.05, 4.69) is 40.8 Å². The molecule has 1 saturated carbocycles. The summed E-state index contributed by atoms with van der Waals surface area (Å²) < 4.78 is 6.35. The van der Waals surface area contributed by atoms with Gasteiger partial charge in [-0.3, -0.25) is 4.79 Å². The maximum Gasteiger partial charge on any atom is 0.306 e. The minimum atomic E-state index is -1.77. The van der Waals surface area contributed by atoms with Crippen LogP contribution in [0.5, 0.6) is 0 Å². The molecule has 0 saturated heterocycles. The van der Waals surface area contributed by atoms with Gasteiger partial charge in [-0.1, -0.05) is 34.1 Å². The summed E-state index contributed by atoms with van der Waals surface area (Å²) in [6, 6.07) is 0. The number of carboxylic acids is 1. The molecule has 1 aliphatic carbocycles. The fourth-order valence-corrected chi connectivity index (χ4v) is 3.90. The van der Waals surface area contributed by atoms with Crippen molar-refractivity contribution in [1.82, 2.24) is 0 Å². The highest BCUT2D eigenvalue weighted by Gasteiger charge is 2.44. The summed E-state index contributed by atoms with van der Waals surface area (Å²) in [5.41, 5.74) is 0. The second kappa shape index (κ2) is 5.33. The van der Waals surface area contributed by atoms with Crippen molar-refractivity contribution in [2.24, 2.45) is 11.8 Å². The zero-order chi connectivity index (χ0) is 14.1. The van der Waals surface area contributed by atoms with E-state index in [0.29, 0.717) is 6.42 Å². The van der Waals surface area contributed by atoms with Crippen LogP contribution in [0, 0.1) is 11.8 Å². The van der Waals surface area contributed by atoms with Crippen LogP contribution >= 0.6 is 0 Å². The average molecular weight is 272 g/mol. The maximum atomic E-state index is 11.2. The molecule has 0 aromatic carbocycles. The second-order valence-electron chi connectivity index (χ2n) is 7.08. The predicted molar refractivity (Wildman–Crippen MR) is 76.2 cm³/mol. The van der Waals surface area contributed by atoms with Crippen LogP contribution in [0.25, 0.3) is 0 Å². The normalized spacial score (nSPS) is 29.6. The van der Waals surface area contributed by atoms with Gasteiger partial charge in [-0.2, -0.15) is 0 Å². The largest absolute Gasteiger partial charge is 0.481 e. The van der Waals surface area contributed by atoms with E-state index < -0.39 is 14.3 Å².